The first-order chi connectivity index (χ1) is 13.0. The number of rotatable bonds is 6. The molecule has 2 aromatic carbocycles. The summed E-state index contributed by atoms with van der Waals surface area (Å²) >= 11 is 5.89. The van der Waals surface area contributed by atoms with Gasteiger partial charge in [0, 0.05) is 42.9 Å². The Balaban J connectivity index is 1.40. The van der Waals surface area contributed by atoms with Crippen molar-refractivity contribution in [3.63, 3.8) is 0 Å². The molecule has 0 spiro atoms. The summed E-state index contributed by atoms with van der Waals surface area (Å²) < 4.78 is 13.0. The molecule has 5 nitrogen and oxygen atoms in total. The Morgan fingerprint density at radius 3 is 2.33 bits per heavy atom. The quantitative estimate of drug-likeness (QED) is 0.744. The summed E-state index contributed by atoms with van der Waals surface area (Å²) in [5, 5.41) is 0.690. The van der Waals surface area contributed by atoms with Crippen molar-refractivity contribution in [2.24, 2.45) is 0 Å². The topological polar surface area (TPSA) is 47.6 Å². The maximum absolute atomic E-state index is 13.0. The molecule has 144 valence electrons. The minimum absolute atomic E-state index is 0.0125. The number of nitrogens with one attached hydrogen (secondary N) is 2. The number of nitrogens with zero attached hydrogens (tertiary/aromatic N) is 2. The van der Waals surface area contributed by atoms with Crippen LogP contribution < -0.4 is 15.8 Å². The van der Waals surface area contributed by atoms with E-state index in [-0.39, 0.29) is 17.8 Å². The second-order valence-corrected chi connectivity index (χ2v) is 7.14. The van der Waals surface area contributed by atoms with Gasteiger partial charge in [-0.15, -0.1) is 0 Å². The van der Waals surface area contributed by atoms with E-state index in [1.807, 2.05) is 31.2 Å². The van der Waals surface area contributed by atoms with Gasteiger partial charge in [-0.1, -0.05) is 23.7 Å². The molecule has 27 heavy (non-hydrogen) atoms. The van der Waals surface area contributed by atoms with Gasteiger partial charge in [0.15, 0.2) is 0 Å². The maximum Gasteiger partial charge on any atom is 0.248 e. The third-order valence-electron chi connectivity index (χ3n) is 4.73. The molecular formula is C20H24ClFN4O. The summed E-state index contributed by atoms with van der Waals surface area (Å²) in [5.41, 5.74) is 7.87. The van der Waals surface area contributed by atoms with Gasteiger partial charge in [0.1, 0.15) is 5.82 Å². The number of hydrogen-bond donors (Lipinski definition) is 2. The van der Waals surface area contributed by atoms with E-state index in [0.717, 1.165) is 37.4 Å². The predicted molar refractivity (Wildman–Crippen MR) is 106 cm³/mol. The number of piperazine rings is 1. The Labute approximate surface area is 164 Å². The highest BCUT2D eigenvalue weighted by atomic mass is 35.5. The molecule has 0 unspecified atom stereocenters. The average Bonchev–Trinajstić information content (AvgIpc) is 2.68. The van der Waals surface area contributed by atoms with Crippen LogP contribution in [0.5, 0.6) is 0 Å². The predicted octanol–water partition coefficient (Wildman–Crippen LogP) is 2.98. The summed E-state index contributed by atoms with van der Waals surface area (Å²) in [6.45, 7) is 5.53. The SMILES string of the molecule is C[C@H](NNC(=O)CN1CCN(c2ccc(F)cc2)CC1)c1ccc(Cl)cc1. The van der Waals surface area contributed by atoms with E-state index in [1.165, 1.54) is 12.1 Å². The van der Waals surface area contributed by atoms with Crippen LogP contribution in [0.15, 0.2) is 48.5 Å². The summed E-state index contributed by atoms with van der Waals surface area (Å²) in [5.74, 6) is -0.291. The highest BCUT2D eigenvalue weighted by Crippen LogP contribution is 2.17. The van der Waals surface area contributed by atoms with Gasteiger partial charge >= 0.3 is 0 Å². The number of halogens is 2. The fourth-order valence-electron chi connectivity index (χ4n) is 3.08. The molecule has 0 radical (unpaired) electrons. The summed E-state index contributed by atoms with van der Waals surface area (Å²) in [6, 6.07) is 14.0. The van der Waals surface area contributed by atoms with Crippen LogP contribution >= 0.6 is 11.6 Å². The van der Waals surface area contributed by atoms with Crippen LogP contribution in [0.3, 0.4) is 0 Å². The lowest BCUT2D eigenvalue weighted by Crippen LogP contribution is -2.51. The van der Waals surface area contributed by atoms with Crippen molar-refractivity contribution in [1.29, 1.82) is 0 Å². The maximum atomic E-state index is 13.0. The molecule has 1 atom stereocenters. The largest absolute Gasteiger partial charge is 0.369 e. The lowest BCUT2D eigenvalue weighted by molar-refractivity contribution is -0.123. The van der Waals surface area contributed by atoms with Crippen LogP contribution in [-0.2, 0) is 4.79 Å². The molecule has 1 heterocycles. The van der Waals surface area contributed by atoms with E-state index in [2.05, 4.69) is 20.7 Å². The first kappa shape index (κ1) is 19.6. The van der Waals surface area contributed by atoms with Gasteiger partial charge in [-0.05, 0) is 48.9 Å². The van der Waals surface area contributed by atoms with E-state index in [4.69, 9.17) is 11.6 Å². The van der Waals surface area contributed by atoms with Crippen LogP contribution in [0.25, 0.3) is 0 Å². The lowest BCUT2D eigenvalue weighted by atomic mass is 10.1. The van der Waals surface area contributed by atoms with E-state index < -0.39 is 0 Å². The number of hydrazine groups is 1. The van der Waals surface area contributed by atoms with Crippen molar-refractivity contribution in [3.8, 4) is 0 Å². The Bertz CT molecular complexity index is 746. The molecule has 1 amide bonds. The van der Waals surface area contributed by atoms with Gasteiger partial charge in [0.05, 0.1) is 6.54 Å². The van der Waals surface area contributed by atoms with Crippen LogP contribution in [-0.4, -0.2) is 43.5 Å². The van der Waals surface area contributed by atoms with Crippen molar-refractivity contribution >= 4 is 23.2 Å². The van der Waals surface area contributed by atoms with Crippen LogP contribution in [0.4, 0.5) is 10.1 Å². The third kappa shape index (κ3) is 5.66. The molecule has 1 fully saturated rings. The molecule has 3 rings (SSSR count). The standard InChI is InChI=1S/C20H24ClFN4O/c1-15(16-2-4-17(21)5-3-16)23-24-20(27)14-25-10-12-26(13-11-25)19-8-6-18(22)7-9-19/h2-9,15,23H,10-14H2,1H3,(H,24,27)/t15-/m0/s1. The second kappa shape index (κ2) is 9.17. The molecule has 2 N–H and O–H groups in total. The fourth-order valence-corrected chi connectivity index (χ4v) is 3.21. The van der Waals surface area contributed by atoms with Gasteiger partial charge < -0.3 is 4.90 Å². The third-order valence-corrected chi connectivity index (χ3v) is 4.98. The number of carbonyl (C=O) groups excluding carboxylic acids is 1. The Kier molecular flexibility index (Phi) is 6.66. The molecular weight excluding hydrogens is 367 g/mol. The second-order valence-electron chi connectivity index (χ2n) is 6.71. The minimum atomic E-state index is -0.227. The van der Waals surface area contributed by atoms with E-state index in [1.54, 1.807) is 12.1 Å². The molecule has 1 saturated heterocycles. The van der Waals surface area contributed by atoms with E-state index >= 15 is 0 Å². The molecule has 2 aromatic rings. The van der Waals surface area contributed by atoms with Gasteiger partial charge in [0.25, 0.3) is 0 Å². The Morgan fingerprint density at radius 2 is 1.70 bits per heavy atom. The normalized spacial score (nSPS) is 16.2. The van der Waals surface area contributed by atoms with Crippen LogP contribution in [0.2, 0.25) is 5.02 Å². The molecule has 1 aliphatic heterocycles. The first-order valence-corrected chi connectivity index (χ1v) is 9.42. The van der Waals surface area contributed by atoms with Crippen molar-refractivity contribution in [2.45, 2.75) is 13.0 Å². The first-order valence-electron chi connectivity index (χ1n) is 9.04. The highest BCUT2D eigenvalue weighted by molar-refractivity contribution is 6.30. The average molecular weight is 391 g/mol. The Morgan fingerprint density at radius 1 is 1.07 bits per heavy atom. The zero-order chi connectivity index (χ0) is 19.2. The van der Waals surface area contributed by atoms with Crippen molar-refractivity contribution in [2.75, 3.05) is 37.6 Å². The van der Waals surface area contributed by atoms with Gasteiger partial charge in [-0.2, -0.15) is 0 Å². The van der Waals surface area contributed by atoms with Crippen LogP contribution in [0, 0.1) is 5.82 Å². The number of anilines is 1. The fraction of sp³-hybridized carbons (Fsp3) is 0.350. The van der Waals surface area contributed by atoms with Crippen molar-refractivity contribution in [3.05, 3.63) is 64.9 Å². The van der Waals surface area contributed by atoms with E-state index in [9.17, 15) is 9.18 Å². The minimum Gasteiger partial charge on any atom is -0.369 e. The van der Waals surface area contributed by atoms with Gasteiger partial charge in [-0.3, -0.25) is 15.1 Å². The van der Waals surface area contributed by atoms with Gasteiger partial charge in [0.2, 0.25) is 5.91 Å². The monoisotopic (exact) mass is 390 g/mol. The zero-order valence-corrected chi connectivity index (χ0v) is 16.0. The number of amides is 1. The summed E-state index contributed by atoms with van der Waals surface area (Å²) in [4.78, 5) is 16.5. The number of carbonyl (C=O) groups is 1. The van der Waals surface area contributed by atoms with Crippen molar-refractivity contribution in [1.82, 2.24) is 15.8 Å². The smallest absolute Gasteiger partial charge is 0.248 e. The molecule has 0 aliphatic carbocycles. The van der Waals surface area contributed by atoms with E-state index in [0.29, 0.717) is 11.6 Å². The highest BCUT2D eigenvalue weighted by Gasteiger charge is 2.19. The van der Waals surface area contributed by atoms with Gasteiger partial charge in [-0.25, -0.2) is 9.82 Å². The molecule has 0 bridgehead atoms. The summed E-state index contributed by atoms with van der Waals surface area (Å²) in [7, 11) is 0. The molecule has 7 heteroatoms. The molecule has 1 aliphatic rings. The van der Waals surface area contributed by atoms with Crippen molar-refractivity contribution < 1.29 is 9.18 Å². The Hall–Kier alpha value is -2.15. The molecule has 0 saturated carbocycles. The number of benzene rings is 2. The molecule has 0 aromatic heterocycles. The number of hydrogen-bond acceptors (Lipinski definition) is 4. The summed E-state index contributed by atoms with van der Waals surface area (Å²) in [6.07, 6.45) is 0. The van der Waals surface area contributed by atoms with Crippen LogP contribution in [0.1, 0.15) is 18.5 Å². The zero-order valence-electron chi connectivity index (χ0n) is 15.3. The lowest BCUT2D eigenvalue weighted by Gasteiger charge is -2.35.